The van der Waals surface area contributed by atoms with E-state index in [1.54, 1.807) is 0 Å². The minimum atomic E-state index is -0.624. The largest absolute Gasteiger partial charge is 0.388 e. The molecule has 0 unspecified atom stereocenters. The Morgan fingerprint density at radius 2 is 1.41 bits per heavy atom. The molecule has 1 aromatic rings. The molecule has 0 saturated carbocycles. The summed E-state index contributed by atoms with van der Waals surface area (Å²) in [6.07, 6.45) is -0.624. The van der Waals surface area contributed by atoms with E-state index in [0.29, 0.717) is 0 Å². The van der Waals surface area contributed by atoms with Gasteiger partial charge in [-0.3, -0.25) is 4.79 Å². The fraction of sp³-hybridized carbons (Fsp3) is 0.632. The van der Waals surface area contributed by atoms with Crippen LogP contribution in [0.1, 0.15) is 58.8 Å². The first kappa shape index (κ1) is 18.7. The highest BCUT2D eigenvalue weighted by molar-refractivity contribution is 5.79. The maximum Gasteiger partial charge on any atom is 0.226 e. The van der Waals surface area contributed by atoms with Gasteiger partial charge < -0.3 is 10.0 Å². The lowest BCUT2D eigenvalue weighted by molar-refractivity contribution is -0.141. The van der Waals surface area contributed by atoms with E-state index in [9.17, 15) is 9.90 Å². The average Bonchev–Trinajstić information content (AvgIpc) is 2.44. The van der Waals surface area contributed by atoms with E-state index in [4.69, 9.17) is 0 Å². The quantitative estimate of drug-likeness (QED) is 0.864. The third-order valence-corrected chi connectivity index (χ3v) is 4.46. The molecule has 3 atom stereocenters. The molecular formula is C19H31NO2. The maximum absolute atomic E-state index is 12.8. The Bertz CT molecular complexity index is 471. The number of amides is 1. The molecule has 0 fully saturated rings. The van der Waals surface area contributed by atoms with Crippen LogP contribution in [0, 0.1) is 18.8 Å². The van der Waals surface area contributed by atoms with Gasteiger partial charge in [0.25, 0.3) is 0 Å². The van der Waals surface area contributed by atoms with Crippen LogP contribution in [-0.4, -0.2) is 28.0 Å². The highest BCUT2D eigenvalue weighted by atomic mass is 16.3. The number of rotatable bonds is 6. The van der Waals surface area contributed by atoms with Crippen molar-refractivity contribution in [2.24, 2.45) is 11.8 Å². The van der Waals surface area contributed by atoms with Crippen molar-refractivity contribution in [2.75, 3.05) is 0 Å². The SMILES string of the molecule is Cc1ccc([C@H](O)[C@@H](C)[C@@H](C)C(=O)N(C(C)C)C(C)C)cc1. The molecule has 3 heteroatoms. The molecule has 22 heavy (non-hydrogen) atoms. The van der Waals surface area contributed by atoms with Crippen LogP contribution in [0.5, 0.6) is 0 Å². The Morgan fingerprint density at radius 1 is 0.955 bits per heavy atom. The fourth-order valence-corrected chi connectivity index (χ4v) is 2.91. The number of hydrogen-bond acceptors (Lipinski definition) is 2. The van der Waals surface area contributed by atoms with E-state index in [1.165, 1.54) is 5.56 Å². The van der Waals surface area contributed by atoms with Gasteiger partial charge in [0, 0.05) is 18.0 Å². The van der Waals surface area contributed by atoms with Crippen molar-refractivity contribution >= 4 is 5.91 Å². The van der Waals surface area contributed by atoms with Gasteiger partial charge in [-0.05, 0) is 46.1 Å². The Balaban J connectivity index is 2.88. The van der Waals surface area contributed by atoms with Gasteiger partial charge in [0.2, 0.25) is 5.91 Å². The van der Waals surface area contributed by atoms with E-state index in [2.05, 4.69) is 0 Å². The molecule has 0 heterocycles. The van der Waals surface area contributed by atoms with Crippen LogP contribution in [0.25, 0.3) is 0 Å². The Labute approximate surface area is 135 Å². The average molecular weight is 305 g/mol. The van der Waals surface area contributed by atoms with E-state index in [0.717, 1.165) is 5.56 Å². The molecular weight excluding hydrogens is 274 g/mol. The summed E-state index contributed by atoms with van der Waals surface area (Å²) in [7, 11) is 0. The van der Waals surface area contributed by atoms with Crippen LogP contribution < -0.4 is 0 Å². The van der Waals surface area contributed by atoms with E-state index >= 15 is 0 Å². The lowest BCUT2D eigenvalue weighted by Gasteiger charge is -2.35. The van der Waals surface area contributed by atoms with Crippen LogP contribution in [0.15, 0.2) is 24.3 Å². The van der Waals surface area contributed by atoms with Gasteiger partial charge in [0.1, 0.15) is 0 Å². The number of nitrogens with zero attached hydrogens (tertiary/aromatic N) is 1. The van der Waals surface area contributed by atoms with Crippen molar-refractivity contribution in [1.29, 1.82) is 0 Å². The third-order valence-electron chi connectivity index (χ3n) is 4.46. The summed E-state index contributed by atoms with van der Waals surface area (Å²) >= 11 is 0. The molecule has 1 N–H and O–H groups in total. The molecule has 0 aliphatic heterocycles. The summed E-state index contributed by atoms with van der Waals surface area (Å²) in [4.78, 5) is 14.7. The Hall–Kier alpha value is -1.35. The maximum atomic E-state index is 12.8. The summed E-state index contributed by atoms with van der Waals surface area (Å²) in [5.74, 6) is -0.236. The zero-order valence-corrected chi connectivity index (χ0v) is 15.0. The topological polar surface area (TPSA) is 40.5 Å². The third kappa shape index (κ3) is 4.33. The first-order chi connectivity index (χ1) is 10.2. The smallest absolute Gasteiger partial charge is 0.226 e. The number of aryl methyl sites for hydroxylation is 1. The predicted molar refractivity (Wildman–Crippen MR) is 91.6 cm³/mol. The van der Waals surface area contributed by atoms with Gasteiger partial charge in [-0.2, -0.15) is 0 Å². The lowest BCUT2D eigenvalue weighted by atomic mass is 9.85. The molecule has 1 amide bonds. The van der Waals surface area contributed by atoms with Crippen LogP contribution >= 0.6 is 0 Å². The van der Waals surface area contributed by atoms with Crippen molar-refractivity contribution in [3.05, 3.63) is 35.4 Å². The van der Waals surface area contributed by atoms with Gasteiger partial charge in [-0.25, -0.2) is 0 Å². The zero-order chi connectivity index (χ0) is 17.0. The van der Waals surface area contributed by atoms with Crippen LogP contribution in [0.3, 0.4) is 0 Å². The normalized spacial score (nSPS) is 15.7. The molecule has 0 aliphatic carbocycles. The molecule has 124 valence electrons. The van der Waals surface area contributed by atoms with Gasteiger partial charge >= 0.3 is 0 Å². The number of carbonyl (C=O) groups is 1. The zero-order valence-electron chi connectivity index (χ0n) is 15.0. The highest BCUT2D eigenvalue weighted by Gasteiger charge is 2.32. The van der Waals surface area contributed by atoms with Crippen molar-refractivity contribution in [3.8, 4) is 0 Å². The Morgan fingerprint density at radius 3 is 1.82 bits per heavy atom. The first-order valence-corrected chi connectivity index (χ1v) is 8.23. The van der Waals surface area contributed by atoms with E-state index in [-0.39, 0.29) is 29.8 Å². The summed E-state index contributed by atoms with van der Waals surface area (Å²) in [5, 5.41) is 10.6. The molecule has 1 aromatic carbocycles. The number of benzene rings is 1. The van der Waals surface area contributed by atoms with Crippen molar-refractivity contribution < 1.29 is 9.90 Å². The number of aliphatic hydroxyl groups excluding tert-OH is 1. The second-order valence-electron chi connectivity index (χ2n) is 6.94. The number of carbonyl (C=O) groups excluding carboxylic acids is 1. The summed E-state index contributed by atoms with van der Waals surface area (Å²) in [5.41, 5.74) is 2.04. The fourth-order valence-electron chi connectivity index (χ4n) is 2.91. The molecule has 1 rings (SSSR count). The monoisotopic (exact) mass is 305 g/mol. The van der Waals surface area contributed by atoms with Gasteiger partial charge in [-0.15, -0.1) is 0 Å². The summed E-state index contributed by atoms with van der Waals surface area (Å²) < 4.78 is 0. The second kappa shape index (κ2) is 7.77. The molecule has 0 aliphatic rings. The summed E-state index contributed by atoms with van der Waals surface area (Å²) in [6.45, 7) is 14.0. The van der Waals surface area contributed by atoms with Crippen molar-refractivity contribution in [2.45, 2.75) is 66.7 Å². The molecule has 0 saturated heterocycles. The van der Waals surface area contributed by atoms with Crippen molar-refractivity contribution in [3.63, 3.8) is 0 Å². The lowest BCUT2D eigenvalue weighted by Crippen LogP contribution is -2.46. The minimum absolute atomic E-state index is 0.115. The van der Waals surface area contributed by atoms with Crippen molar-refractivity contribution in [1.82, 2.24) is 4.90 Å². The standard InChI is InChI=1S/C19H31NO2/c1-12(2)20(13(3)4)19(22)16(7)15(6)18(21)17-10-8-14(5)9-11-17/h8-13,15-16,18,21H,1-7H3/t15-,16+,18+/m0/s1. The van der Waals surface area contributed by atoms with Crippen LogP contribution in [-0.2, 0) is 4.79 Å². The second-order valence-corrected chi connectivity index (χ2v) is 6.94. The Kier molecular flexibility index (Phi) is 6.61. The van der Waals surface area contributed by atoms with E-state index in [1.807, 2.05) is 77.6 Å². The highest BCUT2D eigenvalue weighted by Crippen LogP contribution is 2.30. The molecule has 0 bridgehead atoms. The molecule has 0 spiro atoms. The van der Waals surface area contributed by atoms with Gasteiger partial charge in [0.05, 0.1) is 6.10 Å². The molecule has 0 radical (unpaired) electrons. The predicted octanol–water partition coefficient (Wildman–Crippen LogP) is 3.95. The molecule has 3 nitrogen and oxygen atoms in total. The number of aliphatic hydroxyl groups is 1. The van der Waals surface area contributed by atoms with E-state index < -0.39 is 6.10 Å². The van der Waals surface area contributed by atoms with Gasteiger partial charge in [0.15, 0.2) is 0 Å². The molecule has 0 aromatic heterocycles. The number of hydrogen-bond donors (Lipinski definition) is 1. The summed E-state index contributed by atoms with van der Waals surface area (Å²) in [6, 6.07) is 8.20. The van der Waals surface area contributed by atoms with Gasteiger partial charge in [-0.1, -0.05) is 43.7 Å². The first-order valence-electron chi connectivity index (χ1n) is 8.23. The van der Waals surface area contributed by atoms with Crippen LogP contribution in [0.2, 0.25) is 0 Å². The van der Waals surface area contributed by atoms with Crippen LogP contribution in [0.4, 0.5) is 0 Å². The minimum Gasteiger partial charge on any atom is -0.388 e.